The van der Waals surface area contributed by atoms with Gasteiger partial charge in [0.1, 0.15) is 0 Å². The van der Waals surface area contributed by atoms with Crippen LogP contribution in [0.3, 0.4) is 0 Å². The fraction of sp³-hybridized carbons (Fsp3) is 0.333. The largest absolute Gasteiger partial charge is 0.416 e. The fourth-order valence-corrected chi connectivity index (χ4v) is 2.17. The van der Waals surface area contributed by atoms with E-state index in [1.54, 1.807) is 12.3 Å². The molecule has 0 aliphatic heterocycles. The summed E-state index contributed by atoms with van der Waals surface area (Å²) < 4.78 is 39.9. The second kappa shape index (κ2) is 5.92. The van der Waals surface area contributed by atoms with Gasteiger partial charge in [-0.15, -0.1) is 5.10 Å². The van der Waals surface area contributed by atoms with Gasteiger partial charge < -0.3 is 5.73 Å². The smallest absolute Gasteiger partial charge is 0.330 e. The number of aryl methyl sites for hydroxylation is 1. The normalized spacial score (nSPS) is 11.8. The number of alkyl halides is 3. The molecule has 0 bridgehead atoms. The molecule has 0 unspecified atom stereocenters. The minimum Gasteiger partial charge on any atom is -0.330 e. The molecule has 2 rings (SSSR count). The van der Waals surface area contributed by atoms with Crippen molar-refractivity contribution in [2.75, 3.05) is 6.54 Å². The summed E-state index contributed by atoms with van der Waals surface area (Å²) in [6.07, 6.45) is -1.39. The Morgan fingerprint density at radius 2 is 2.00 bits per heavy atom. The van der Waals surface area contributed by atoms with Crippen molar-refractivity contribution in [1.82, 2.24) is 15.0 Å². The van der Waals surface area contributed by atoms with E-state index >= 15 is 0 Å². The zero-order chi connectivity index (χ0) is 14.8. The van der Waals surface area contributed by atoms with Gasteiger partial charge in [-0.25, -0.2) is 4.68 Å². The van der Waals surface area contributed by atoms with Crippen LogP contribution in [-0.2, 0) is 12.6 Å². The van der Waals surface area contributed by atoms with Gasteiger partial charge in [-0.1, -0.05) is 21.1 Å². The van der Waals surface area contributed by atoms with Gasteiger partial charge in [0.05, 0.1) is 23.1 Å². The third-order valence-corrected chi connectivity index (χ3v) is 3.11. The van der Waals surface area contributed by atoms with Crippen LogP contribution in [0.4, 0.5) is 13.2 Å². The van der Waals surface area contributed by atoms with E-state index in [9.17, 15) is 13.2 Å². The predicted octanol–water partition coefficient (Wildman–Crippen LogP) is 2.94. The van der Waals surface area contributed by atoms with Crippen LogP contribution < -0.4 is 5.73 Å². The summed E-state index contributed by atoms with van der Waals surface area (Å²) >= 11 is 3.07. The quantitative estimate of drug-likeness (QED) is 0.924. The van der Waals surface area contributed by atoms with Crippen molar-refractivity contribution >= 4 is 15.9 Å². The van der Waals surface area contributed by atoms with Crippen LogP contribution in [0, 0.1) is 0 Å². The van der Waals surface area contributed by atoms with E-state index in [4.69, 9.17) is 5.73 Å². The number of hydrogen-bond donors (Lipinski definition) is 1. The van der Waals surface area contributed by atoms with Crippen molar-refractivity contribution < 1.29 is 13.2 Å². The van der Waals surface area contributed by atoms with Gasteiger partial charge >= 0.3 is 6.18 Å². The maximum Gasteiger partial charge on any atom is 0.416 e. The van der Waals surface area contributed by atoms with E-state index in [0.717, 1.165) is 18.6 Å². The van der Waals surface area contributed by atoms with Gasteiger partial charge in [-0.3, -0.25) is 0 Å². The molecule has 20 heavy (non-hydrogen) atoms. The first-order chi connectivity index (χ1) is 9.40. The summed E-state index contributed by atoms with van der Waals surface area (Å²) in [7, 11) is 0. The van der Waals surface area contributed by atoms with E-state index in [1.165, 1.54) is 4.68 Å². The zero-order valence-electron chi connectivity index (χ0n) is 10.4. The van der Waals surface area contributed by atoms with Crippen LogP contribution in [0.25, 0.3) is 5.69 Å². The topological polar surface area (TPSA) is 56.7 Å². The summed E-state index contributed by atoms with van der Waals surface area (Å²) in [5.41, 5.74) is 5.66. The Labute approximate surface area is 121 Å². The van der Waals surface area contributed by atoms with Crippen LogP contribution in [0.1, 0.15) is 17.7 Å². The Morgan fingerprint density at radius 3 is 2.65 bits per heavy atom. The number of rotatable bonds is 4. The highest BCUT2D eigenvalue weighted by molar-refractivity contribution is 9.10. The molecule has 0 aliphatic rings. The molecule has 0 radical (unpaired) electrons. The van der Waals surface area contributed by atoms with E-state index in [-0.39, 0.29) is 0 Å². The average molecular weight is 349 g/mol. The standard InChI is InChI=1S/C12H12BrF3N4/c13-9-4-8(12(14,15)16)5-11(6-9)20-7-10(18-19-20)2-1-3-17/h4-7H,1-3,17H2. The minimum atomic E-state index is -4.40. The van der Waals surface area contributed by atoms with Crippen LogP contribution in [0.5, 0.6) is 0 Å². The molecule has 1 aromatic heterocycles. The Balaban J connectivity index is 2.32. The molecule has 0 atom stereocenters. The third-order valence-electron chi connectivity index (χ3n) is 2.65. The van der Waals surface area contributed by atoms with Gasteiger partial charge in [0.15, 0.2) is 0 Å². The Morgan fingerprint density at radius 1 is 1.25 bits per heavy atom. The Bertz CT molecular complexity index is 595. The van der Waals surface area contributed by atoms with E-state index in [1.807, 2.05) is 0 Å². The minimum absolute atomic E-state index is 0.304. The molecule has 2 N–H and O–H groups in total. The van der Waals surface area contributed by atoms with Crippen LogP contribution >= 0.6 is 15.9 Å². The molecule has 0 aliphatic carbocycles. The first-order valence-corrected chi connectivity index (χ1v) is 6.69. The summed E-state index contributed by atoms with van der Waals surface area (Å²) in [6.45, 7) is 0.530. The third kappa shape index (κ3) is 3.57. The highest BCUT2D eigenvalue weighted by atomic mass is 79.9. The van der Waals surface area contributed by atoms with Gasteiger partial charge in [0.2, 0.25) is 0 Å². The Hall–Kier alpha value is -1.41. The first-order valence-electron chi connectivity index (χ1n) is 5.89. The summed E-state index contributed by atoms with van der Waals surface area (Å²) in [5.74, 6) is 0. The average Bonchev–Trinajstić information content (AvgIpc) is 2.83. The molecule has 0 spiro atoms. The molecule has 0 fully saturated rings. The lowest BCUT2D eigenvalue weighted by Gasteiger charge is -2.09. The van der Waals surface area contributed by atoms with E-state index < -0.39 is 11.7 Å². The first kappa shape index (κ1) is 15.0. The molecule has 0 saturated heterocycles. The molecule has 8 heteroatoms. The summed E-state index contributed by atoms with van der Waals surface area (Å²) in [5, 5.41) is 7.75. The molecule has 1 aromatic carbocycles. The molecule has 0 amide bonds. The molecule has 1 heterocycles. The van der Waals surface area contributed by atoms with Crippen molar-refractivity contribution in [1.29, 1.82) is 0 Å². The number of nitrogens with two attached hydrogens (primary N) is 1. The molecule has 108 valence electrons. The van der Waals surface area contributed by atoms with E-state index in [2.05, 4.69) is 26.2 Å². The lowest BCUT2D eigenvalue weighted by molar-refractivity contribution is -0.137. The highest BCUT2D eigenvalue weighted by Gasteiger charge is 2.31. The molecular formula is C12H12BrF3N4. The second-order valence-electron chi connectivity index (χ2n) is 4.24. The number of aromatic nitrogens is 3. The maximum absolute atomic E-state index is 12.8. The van der Waals surface area contributed by atoms with Gasteiger partial charge in [-0.2, -0.15) is 13.2 Å². The van der Waals surface area contributed by atoms with Gasteiger partial charge in [0.25, 0.3) is 0 Å². The highest BCUT2D eigenvalue weighted by Crippen LogP contribution is 2.32. The van der Waals surface area contributed by atoms with Gasteiger partial charge in [0, 0.05) is 4.47 Å². The lowest BCUT2D eigenvalue weighted by Crippen LogP contribution is -2.06. The Kier molecular flexibility index (Phi) is 4.44. The van der Waals surface area contributed by atoms with E-state index in [0.29, 0.717) is 28.8 Å². The number of hydrogen-bond acceptors (Lipinski definition) is 3. The van der Waals surface area contributed by atoms with Crippen molar-refractivity contribution in [2.45, 2.75) is 19.0 Å². The van der Waals surface area contributed by atoms with Crippen molar-refractivity contribution in [2.24, 2.45) is 5.73 Å². The van der Waals surface area contributed by atoms with Crippen molar-refractivity contribution in [3.05, 3.63) is 40.1 Å². The number of halogens is 4. The number of nitrogens with zero attached hydrogens (tertiary/aromatic N) is 3. The fourth-order valence-electron chi connectivity index (χ4n) is 1.69. The summed E-state index contributed by atoms with van der Waals surface area (Å²) in [4.78, 5) is 0. The molecule has 4 nitrogen and oxygen atoms in total. The molecule has 2 aromatic rings. The number of benzene rings is 1. The lowest BCUT2D eigenvalue weighted by atomic mass is 10.2. The second-order valence-corrected chi connectivity index (χ2v) is 5.16. The van der Waals surface area contributed by atoms with Crippen LogP contribution in [-0.4, -0.2) is 21.5 Å². The monoisotopic (exact) mass is 348 g/mol. The van der Waals surface area contributed by atoms with Crippen LogP contribution in [0.2, 0.25) is 0 Å². The predicted molar refractivity (Wildman–Crippen MR) is 71.4 cm³/mol. The molecule has 0 saturated carbocycles. The zero-order valence-corrected chi connectivity index (χ0v) is 11.9. The van der Waals surface area contributed by atoms with Crippen molar-refractivity contribution in [3.63, 3.8) is 0 Å². The summed E-state index contributed by atoms with van der Waals surface area (Å²) in [6, 6.07) is 3.61. The maximum atomic E-state index is 12.8. The van der Waals surface area contributed by atoms with Crippen LogP contribution in [0.15, 0.2) is 28.9 Å². The SMILES string of the molecule is NCCCc1cn(-c2cc(Br)cc(C(F)(F)F)c2)nn1. The van der Waals surface area contributed by atoms with Gasteiger partial charge in [-0.05, 0) is 37.6 Å². The molecular weight excluding hydrogens is 337 g/mol. The van der Waals surface area contributed by atoms with Crippen molar-refractivity contribution in [3.8, 4) is 5.69 Å².